The summed E-state index contributed by atoms with van der Waals surface area (Å²) in [6, 6.07) is 6.39. The van der Waals surface area contributed by atoms with Crippen LogP contribution in [-0.2, 0) is 7.05 Å². The first-order valence-corrected chi connectivity index (χ1v) is 8.93. The van der Waals surface area contributed by atoms with Gasteiger partial charge in [-0.2, -0.15) is 5.10 Å². The van der Waals surface area contributed by atoms with Gasteiger partial charge in [0.15, 0.2) is 0 Å². The van der Waals surface area contributed by atoms with E-state index < -0.39 is 0 Å². The Balaban J connectivity index is 1.84. The molecule has 0 aliphatic carbocycles. The summed E-state index contributed by atoms with van der Waals surface area (Å²) in [6.45, 7) is 1.88. The van der Waals surface area contributed by atoms with E-state index in [4.69, 9.17) is 0 Å². The minimum atomic E-state index is 0.0370. The Morgan fingerprint density at radius 2 is 2.00 bits per heavy atom. The van der Waals surface area contributed by atoms with Crippen molar-refractivity contribution in [2.45, 2.75) is 18.9 Å². The Bertz CT molecular complexity index is 1150. The van der Waals surface area contributed by atoms with Crippen LogP contribution in [-0.4, -0.2) is 37.4 Å². The van der Waals surface area contributed by atoms with Crippen molar-refractivity contribution in [3.8, 4) is 11.1 Å². The number of aromatic nitrogens is 5. The number of aryl methyl sites for hydroxylation is 1. The molecule has 4 aromatic rings. The molecule has 132 valence electrons. The molecular weight excluding hydrogens is 328 g/mol. The number of hydrogen-bond acceptors (Lipinski definition) is 4. The lowest BCUT2D eigenvalue weighted by Gasteiger charge is -2.24. The molecule has 0 radical (unpaired) electrons. The molecule has 3 aromatic heterocycles. The Morgan fingerprint density at radius 1 is 1.15 bits per heavy atom. The second-order valence-electron chi connectivity index (χ2n) is 6.90. The molecule has 26 heavy (non-hydrogen) atoms. The van der Waals surface area contributed by atoms with E-state index in [1.54, 1.807) is 10.8 Å². The smallest absolute Gasteiger partial charge is 0.317 e. The van der Waals surface area contributed by atoms with Gasteiger partial charge in [-0.05, 0) is 43.6 Å². The molecule has 0 saturated carbocycles. The van der Waals surface area contributed by atoms with Gasteiger partial charge in [0, 0.05) is 30.2 Å². The van der Waals surface area contributed by atoms with Crippen molar-refractivity contribution in [2.24, 2.45) is 7.05 Å². The first-order valence-electron chi connectivity index (χ1n) is 8.93. The average molecular weight is 348 g/mol. The van der Waals surface area contributed by atoms with E-state index in [1.165, 1.54) is 0 Å². The van der Waals surface area contributed by atoms with Gasteiger partial charge < -0.3 is 5.32 Å². The highest BCUT2D eigenvalue weighted by atomic mass is 16.1. The number of nitrogens with zero attached hydrogens (tertiary/aromatic N) is 4. The molecule has 7 nitrogen and oxygen atoms in total. The van der Waals surface area contributed by atoms with Crippen molar-refractivity contribution in [2.75, 3.05) is 13.1 Å². The van der Waals surface area contributed by atoms with Crippen LogP contribution in [0.4, 0.5) is 0 Å². The molecule has 7 heteroatoms. The predicted octanol–water partition coefficient (Wildman–Crippen LogP) is 2.20. The Labute approximate surface area is 149 Å². The van der Waals surface area contributed by atoms with Gasteiger partial charge in [-0.1, -0.05) is 6.07 Å². The van der Waals surface area contributed by atoms with E-state index in [0.29, 0.717) is 0 Å². The number of hydrogen-bond donors (Lipinski definition) is 2. The van der Waals surface area contributed by atoms with Gasteiger partial charge in [-0.3, -0.25) is 19.2 Å². The van der Waals surface area contributed by atoms with Gasteiger partial charge >= 0.3 is 5.69 Å². The van der Waals surface area contributed by atoms with Crippen molar-refractivity contribution in [3.05, 3.63) is 47.3 Å². The number of fused-ring (bicyclic) bond motifs is 3. The summed E-state index contributed by atoms with van der Waals surface area (Å²) in [5.41, 5.74) is 4.89. The van der Waals surface area contributed by atoms with E-state index in [0.717, 1.165) is 59.0 Å². The number of nitrogens with one attached hydrogen (secondary N) is 2. The fraction of sp³-hybridized carbons (Fsp3) is 0.316. The van der Waals surface area contributed by atoms with Gasteiger partial charge in [0.2, 0.25) is 0 Å². The molecule has 1 saturated heterocycles. The van der Waals surface area contributed by atoms with Crippen LogP contribution in [0.25, 0.3) is 33.1 Å². The second kappa shape index (κ2) is 5.81. The number of pyridine rings is 1. The Hall–Kier alpha value is -2.93. The molecular formula is C19H20N6O. The standard InChI is InChI=1S/C19H20N6O/c1-24-17-11-21-16-3-2-12(13-9-22-23-10-13)8-15(16)18(17)25(19(24)26)14-4-6-20-7-5-14/h2-3,8-11,14,20H,4-7H2,1H3,(H,22,23). The molecule has 1 aliphatic rings. The van der Waals surface area contributed by atoms with Crippen LogP contribution >= 0.6 is 0 Å². The summed E-state index contributed by atoms with van der Waals surface area (Å²) in [5.74, 6) is 0. The van der Waals surface area contributed by atoms with E-state index >= 15 is 0 Å². The number of imidazole rings is 1. The van der Waals surface area contributed by atoms with Gasteiger partial charge in [-0.15, -0.1) is 0 Å². The summed E-state index contributed by atoms with van der Waals surface area (Å²) < 4.78 is 3.70. The van der Waals surface area contributed by atoms with Gasteiger partial charge in [0.05, 0.1) is 28.9 Å². The third-order valence-corrected chi connectivity index (χ3v) is 5.42. The Morgan fingerprint density at radius 3 is 2.77 bits per heavy atom. The van der Waals surface area contributed by atoms with Crippen molar-refractivity contribution in [1.29, 1.82) is 0 Å². The van der Waals surface area contributed by atoms with Crippen LogP contribution in [0.1, 0.15) is 18.9 Å². The maximum Gasteiger partial charge on any atom is 0.329 e. The van der Waals surface area contributed by atoms with Crippen molar-refractivity contribution in [1.82, 2.24) is 29.6 Å². The fourth-order valence-electron chi connectivity index (χ4n) is 4.02. The molecule has 1 aromatic carbocycles. The summed E-state index contributed by atoms with van der Waals surface area (Å²) in [5, 5.41) is 11.3. The molecule has 1 aliphatic heterocycles. The third-order valence-electron chi connectivity index (χ3n) is 5.42. The first-order chi connectivity index (χ1) is 12.7. The molecule has 2 N–H and O–H groups in total. The van der Waals surface area contributed by atoms with Crippen LogP contribution in [0.15, 0.2) is 41.6 Å². The highest BCUT2D eigenvalue weighted by molar-refractivity contribution is 6.04. The van der Waals surface area contributed by atoms with Crippen LogP contribution < -0.4 is 11.0 Å². The van der Waals surface area contributed by atoms with Crippen LogP contribution in [0.2, 0.25) is 0 Å². The lowest BCUT2D eigenvalue weighted by atomic mass is 10.0. The molecule has 0 amide bonds. The molecule has 4 heterocycles. The minimum absolute atomic E-state index is 0.0370. The van der Waals surface area contributed by atoms with Crippen molar-refractivity contribution in [3.63, 3.8) is 0 Å². The van der Waals surface area contributed by atoms with Gasteiger partial charge in [0.1, 0.15) is 0 Å². The summed E-state index contributed by atoms with van der Waals surface area (Å²) in [4.78, 5) is 17.6. The number of piperidine rings is 1. The maximum atomic E-state index is 13.0. The summed E-state index contributed by atoms with van der Waals surface area (Å²) in [6.07, 6.45) is 7.42. The predicted molar refractivity (Wildman–Crippen MR) is 101 cm³/mol. The number of rotatable bonds is 2. The largest absolute Gasteiger partial charge is 0.329 e. The van der Waals surface area contributed by atoms with E-state index in [9.17, 15) is 4.79 Å². The van der Waals surface area contributed by atoms with E-state index in [1.807, 2.05) is 36.1 Å². The van der Waals surface area contributed by atoms with E-state index in [-0.39, 0.29) is 11.7 Å². The molecule has 0 spiro atoms. The van der Waals surface area contributed by atoms with Crippen LogP contribution in [0.5, 0.6) is 0 Å². The van der Waals surface area contributed by atoms with E-state index in [2.05, 4.69) is 26.6 Å². The minimum Gasteiger partial charge on any atom is -0.317 e. The summed E-state index contributed by atoms with van der Waals surface area (Å²) in [7, 11) is 1.83. The first kappa shape index (κ1) is 15.3. The zero-order valence-corrected chi connectivity index (χ0v) is 14.6. The number of H-pyrrole nitrogens is 1. The molecule has 0 atom stereocenters. The van der Waals surface area contributed by atoms with Crippen molar-refractivity contribution >= 4 is 21.9 Å². The average Bonchev–Trinajstić information content (AvgIpc) is 3.30. The SMILES string of the molecule is Cn1c(=O)n(C2CCNCC2)c2c3cc(-c4cn[nH]c4)ccc3ncc21. The Kier molecular flexibility index (Phi) is 3.43. The normalized spacial score (nSPS) is 15.9. The zero-order valence-electron chi connectivity index (χ0n) is 14.6. The molecule has 5 rings (SSSR count). The molecule has 0 bridgehead atoms. The van der Waals surface area contributed by atoms with Gasteiger partial charge in [-0.25, -0.2) is 4.79 Å². The quantitative estimate of drug-likeness (QED) is 0.582. The second-order valence-corrected chi connectivity index (χ2v) is 6.90. The maximum absolute atomic E-state index is 13.0. The lowest BCUT2D eigenvalue weighted by molar-refractivity contribution is 0.366. The topological polar surface area (TPSA) is 80.5 Å². The van der Waals surface area contributed by atoms with Crippen LogP contribution in [0, 0.1) is 0 Å². The molecule has 1 fully saturated rings. The van der Waals surface area contributed by atoms with Gasteiger partial charge in [0.25, 0.3) is 0 Å². The monoisotopic (exact) mass is 348 g/mol. The highest BCUT2D eigenvalue weighted by Gasteiger charge is 2.23. The fourth-order valence-corrected chi connectivity index (χ4v) is 4.02. The number of benzene rings is 1. The van der Waals surface area contributed by atoms with Crippen molar-refractivity contribution < 1.29 is 0 Å². The molecule has 0 unspecified atom stereocenters. The summed E-state index contributed by atoms with van der Waals surface area (Å²) >= 11 is 0. The number of aromatic amines is 1. The highest BCUT2D eigenvalue weighted by Crippen LogP contribution is 2.31. The third kappa shape index (κ3) is 2.20. The lowest BCUT2D eigenvalue weighted by Crippen LogP contribution is -2.34. The zero-order chi connectivity index (χ0) is 17.7. The van der Waals surface area contributed by atoms with Crippen LogP contribution in [0.3, 0.4) is 0 Å².